The number of ether oxygens (including phenoxy) is 2. The summed E-state index contributed by atoms with van der Waals surface area (Å²) in [6.07, 6.45) is 2.76. The van der Waals surface area contributed by atoms with Gasteiger partial charge in [0.1, 0.15) is 17.2 Å². The Hall–Kier alpha value is -1.63. The van der Waals surface area contributed by atoms with Crippen LogP contribution in [-0.2, 0) is 29.0 Å². The normalized spacial score (nSPS) is 22.7. The lowest BCUT2D eigenvalue weighted by Crippen LogP contribution is -2.54. The second kappa shape index (κ2) is 10.5. The molecule has 2 unspecified atom stereocenters. The number of carbonyl (C=O) groups is 1. The van der Waals surface area contributed by atoms with Crippen molar-refractivity contribution in [3.63, 3.8) is 0 Å². The highest BCUT2D eigenvalue weighted by Crippen LogP contribution is 2.33. The Morgan fingerprint density at radius 2 is 2.00 bits per heavy atom. The molecule has 1 aromatic rings. The minimum Gasteiger partial charge on any atom is -0.444 e. The number of aryl methyl sites for hydroxylation is 1. The van der Waals surface area contributed by atoms with Gasteiger partial charge >= 0.3 is 6.09 Å². The molecular formula is C21H38IN7O3. The van der Waals surface area contributed by atoms with E-state index in [2.05, 4.69) is 30.4 Å². The van der Waals surface area contributed by atoms with Crippen LogP contribution in [0.15, 0.2) is 4.99 Å². The summed E-state index contributed by atoms with van der Waals surface area (Å²) in [5.41, 5.74) is -1.34. The number of hydrogen-bond acceptors (Lipinski definition) is 6. The van der Waals surface area contributed by atoms with E-state index >= 15 is 0 Å². The van der Waals surface area contributed by atoms with Gasteiger partial charge in [0.15, 0.2) is 11.8 Å². The Kier molecular flexibility index (Phi) is 8.76. The molecule has 1 fully saturated rings. The molecule has 2 aliphatic rings. The molecule has 182 valence electrons. The van der Waals surface area contributed by atoms with Crippen molar-refractivity contribution in [3.05, 3.63) is 11.6 Å². The Morgan fingerprint density at radius 3 is 2.66 bits per heavy atom. The molecule has 0 aromatic carbocycles. The summed E-state index contributed by atoms with van der Waals surface area (Å²) >= 11 is 0. The third kappa shape index (κ3) is 6.24. The summed E-state index contributed by atoms with van der Waals surface area (Å²) in [6, 6.07) is -0.204. The lowest BCUT2D eigenvalue weighted by atomic mass is 10.1. The van der Waals surface area contributed by atoms with E-state index < -0.39 is 11.3 Å². The predicted molar refractivity (Wildman–Crippen MR) is 133 cm³/mol. The Morgan fingerprint density at radius 1 is 1.28 bits per heavy atom. The number of guanidine groups is 1. The highest BCUT2D eigenvalue weighted by molar-refractivity contribution is 14.0. The number of carbonyl (C=O) groups excluding carboxylic acids is 1. The van der Waals surface area contributed by atoms with Gasteiger partial charge in [0, 0.05) is 26.6 Å². The average Bonchev–Trinajstić information content (AvgIpc) is 3.17. The zero-order chi connectivity index (χ0) is 22.8. The smallest absolute Gasteiger partial charge is 0.412 e. The van der Waals surface area contributed by atoms with Gasteiger partial charge in [0.25, 0.3) is 0 Å². The van der Waals surface area contributed by atoms with Gasteiger partial charge < -0.3 is 24.7 Å². The van der Waals surface area contributed by atoms with Crippen LogP contribution in [0.25, 0.3) is 0 Å². The molecule has 3 heterocycles. The summed E-state index contributed by atoms with van der Waals surface area (Å²) < 4.78 is 13.9. The van der Waals surface area contributed by atoms with Gasteiger partial charge in [-0.1, -0.05) is 0 Å². The highest BCUT2D eigenvalue weighted by atomic mass is 127. The van der Waals surface area contributed by atoms with Crippen molar-refractivity contribution in [2.75, 3.05) is 13.6 Å². The van der Waals surface area contributed by atoms with Gasteiger partial charge in [-0.15, -0.1) is 34.2 Å². The van der Waals surface area contributed by atoms with E-state index in [1.165, 1.54) is 6.42 Å². The summed E-state index contributed by atoms with van der Waals surface area (Å²) in [5, 5.41) is 15.2. The SMILES string of the molecule is CN=C(NCc1nnc2n1CCCC2)NCC1C(C)OC(C)(C)N1C(=O)OC(C)(C)C.I. The Balaban J connectivity index is 0.00000363. The van der Waals surface area contributed by atoms with Crippen molar-refractivity contribution in [1.29, 1.82) is 0 Å². The second-order valence-corrected chi connectivity index (χ2v) is 9.64. The van der Waals surface area contributed by atoms with Crippen LogP contribution in [0, 0.1) is 0 Å². The van der Waals surface area contributed by atoms with E-state index in [1.807, 2.05) is 41.5 Å². The fourth-order valence-corrected chi connectivity index (χ4v) is 4.21. The molecule has 2 N–H and O–H groups in total. The van der Waals surface area contributed by atoms with Crippen LogP contribution in [0.2, 0.25) is 0 Å². The molecule has 0 aliphatic carbocycles. The number of aliphatic imine (C=N–C) groups is 1. The van der Waals surface area contributed by atoms with Crippen LogP contribution in [0.3, 0.4) is 0 Å². The maximum Gasteiger partial charge on any atom is 0.412 e. The standard InChI is InChI=1S/C21H37N7O3.HI/c1-14-15(28(21(5,6)30-14)19(29)31-20(2,3)4)12-23-18(22-7)24-13-17-26-25-16-10-8-9-11-27(16)17;/h14-15H,8-13H2,1-7H3,(H2,22,23,24);1H. The van der Waals surface area contributed by atoms with E-state index in [0.717, 1.165) is 31.0 Å². The number of nitrogens with one attached hydrogen (secondary N) is 2. The molecule has 1 aromatic heterocycles. The molecule has 2 atom stereocenters. The molecule has 32 heavy (non-hydrogen) atoms. The third-order valence-corrected chi connectivity index (χ3v) is 5.57. The first-order chi connectivity index (χ1) is 14.5. The quantitative estimate of drug-likeness (QED) is 0.330. The number of aromatic nitrogens is 3. The molecule has 0 radical (unpaired) electrons. The fourth-order valence-electron chi connectivity index (χ4n) is 4.21. The zero-order valence-electron chi connectivity index (χ0n) is 20.3. The van der Waals surface area contributed by atoms with Gasteiger partial charge in [0.2, 0.25) is 0 Å². The van der Waals surface area contributed by atoms with Crippen molar-refractivity contribution in [2.24, 2.45) is 4.99 Å². The number of rotatable bonds is 4. The van der Waals surface area contributed by atoms with Crippen LogP contribution in [0.1, 0.15) is 66.0 Å². The summed E-state index contributed by atoms with van der Waals surface area (Å²) in [6.45, 7) is 13.3. The Labute approximate surface area is 207 Å². The van der Waals surface area contributed by atoms with Crippen molar-refractivity contribution < 1.29 is 14.3 Å². The lowest BCUT2D eigenvalue weighted by Gasteiger charge is -2.35. The van der Waals surface area contributed by atoms with Crippen molar-refractivity contribution in [3.8, 4) is 0 Å². The first-order valence-electron chi connectivity index (χ1n) is 11.1. The summed E-state index contributed by atoms with van der Waals surface area (Å²) in [7, 11) is 1.72. The number of halogens is 1. The number of amides is 1. The first-order valence-corrected chi connectivity index (χ1v) is 11.1. The van der Waals surface area contributed by atoms with Crippen LogP contribution in [0.4, 0.5) is 4.79 Å². The molecule has 10 nitrogen and oxygen atoms in total. The van der Waals surface area contributed by atoms with E-state index in [4.69, 9.17) is 9.47 Å². The third-order valence-electron chi connectivity index (χ3n) is 5.57. The van der Waals surface area contributed by atoms with Crippen molar-refractivity contribution >= 4 is 36.0 Å². The largest absolute Gasteiger partial charge is 0.444 e. The summed E-state index contributed by atoms with van der Waals surface area (Å²) in [5.74, 6) is 2.60. The maximum atomic E-state index is 12.9. The molecule has 2 aliphatic heterocycles. The molecule has 0 saturated carbocycles. The molecule has 11 heteroatoms. The Bertz CT molecular complexity index is 819. The van der Waals surface area contributed by atoms with Gasteiger partial charge in [-0.3, -0.25) is 9.89 Å². The van der Waals surface area contributed by atoms with Crippen LogP contribution < -0.4 is 10.6 Å². The number of hydrogen-bond donors (Lipinski definition) is 2. The fraction of sp³-hybridized carbons (Fsp3) is 0.810. The monoisotopic (exact) mass is 563 g/mol. The molecule has 0 spiro atoms. The zero-order valence-corrected chi connectivity index (χ0v) is 22.6. The summed E-state index contributed by atoms with van der Waals surface area (Å²) in [4.78, 5) is 18.9. The van der Waals surface area contributed by atoms with E-state index in [9.17, 15) is 4.79 Å². The van der Waals surface area contributed by atoms with E-state index in [1.54, 1.807) is 11.9 Å². The van der Waals surface area contributed by atoms with Gasteiger partial charge in [-0.25, -0.2) is 4.79 Å². The van der Waals surface area contributed by atoms with Crippen molar-refractivity contribution in [2.45, 2.75) is 97.4 Å². The van der Waals surface area contributed by atoms with Gasteiger partial charge in [0.05, 0.1) is 18.7 Å². The van der Waals surface area contributed by atoms with Crippen LogP contribution >= 0.6 is 24.0 Å². The number of nitrogens with zero attached hydrogens (tertiary/aromatic N) is 5. The van der Waals surface area contributed by atoms with E-state index in [0.29, 0.717) is 19.0 Å². The first kappa shape index (κ1) is 26.6. The topological polar surface area (TPSA) is 106 Å². The predicted octanol–water partition coefficient (Wildman–Crippen LogP) is 2.66. The minimum atomic E-state index is -0.758. The molecular weight excluding hydrogens is 525 g/mol. The molecule has 0 bridgehead atoms. The molecule has 1 amide bonds. The highest BCUT2D eigenvalue weighted by Gasteiger charge is 2.49. The van der Waals surface area contributed by atoms with Crippen molar-refractivity contribution in [1.82, 2.24) is 30.3 Å². The van der Waals surface area contributed by atoms with Gasteiger partial charge in [-0.2, -0.15) is 0 Å². The lowest BCUT2D eigenvalue weighted by molar-refractivity contribution is -0.0755. The van der Waals surface area contributed by atoms with Crippen LogP contribution in [-0.4, -0.2) is 68.8 Å². The van der Waals surface area contributed by atoms with E-state index in [-0.39, 0.29) is 42.2 Å². The minimum absolute atomic E-state index is 0. The molecule has 3 rings (SSSR count). The maximum absolute atomic E-state index is 12.9. The average molecular weight is 563 g/mol. The number of fused-ring (bicyclic) bond motifs is 1. The molecule has 1 saturated heterocycles. The van der Waals surface area contributed by atoms with Crippen LogP contribution in [0.5, 0.6) is 0 Å². The second-order valence-electron chi connectivity index (χ2n) is 9.64. The van der Waals surface area contributed by atoms with Gasteiger partial charge in [-0.05, 0) is 54.4 Å².